The highest BCUT2D eigenvalue weighted by Gasteiger charge is 2.45. The van der Waals surface area contributed by atoms with Crippen molar-refractivity contribution >= 4 is 29.9 Å². The molecule has 24 heavy (non-hydrogen) atoms. The monoisotopic (exact) mass is 353 g/mol. The molecule has 1 aliphatic heterocycles. The molecule has 0 bridgehead atoms. The van der Waals surface area contributed by atoms with Gasteiger partial charge in [0.15, 0.2) is 0 Å². The van der Waals surface area contributed by atoms with Gasteiger partial charge in [-0.05, 0) is 51.0 Å². The summed E-state index contributed by atoms with van der Waals surface area (Å²) in [5.74, 6) is -0.172. The Morgan fingerprint density at radius 1 is 1.17 bits per heavy atom. The molecule has 3 N–H and O–H groups in total. The Morgan fingerprint density at radius 3 is 2.21 bits per heavy atom. The number of hydrogen-bond donors (Lipinski definition) is 2. The predicted molar refractivity (Wildman–Crippen MR) is 94.4 cm³/mol. The van der Waals surface area contributed by atoms with Gasteiger partial charge < -0.3 is 20.7 Å². The summed E-state index contributed by atoms with van der Waals surface area (Å²) in [7, 11) is 0. The van der Waals surface area contributed by atoms with Crippen LogP contribution in [0.3, 0.4) is 0 Å². The zero-order chi connectivity index (χ0) is 16.6. The summed E-state index contributed by atoms with van der Waals surface area (Å²) in [6, 6.07) is 6.95. The van der Waals surface area contributed by atoms with Gasteiger partial charge in [0.1, 0.15) is 0 Å². The number of nitrogens with zero attached hydrogens (tertiary/aromatic N) is 1. The maximum Gasteiger partial charge on any atom is 0.254 e. The first-order chi connectivity index (χ1) is 10.9. The van der Waals surface area contributed by atoms with Crippen molar-refractivity contribution in [1.29, 1.82) is 0 Å². The van der Waals surface area contributed by atoms with E-state index in [1.165, 1.54) is 0 Å². The maximum absolute atomic E-state index is 12.6. The second-order valence-electron chi connectivity index (χ2n) is 6.66. The van der Waals surface area contributed by atoms with Gasteiger partial charge in [-0.3, -0.25) is 9.59 Å². The van der Waals surface area contributed by atoms with Gasteiger partial charge in [-0.15, -0.1) is 12.4 Å². The molecule has 2 amide bonds. The number of carbonyl (C=O) groups is 2. The molecule has 7 heteroatoms. The molecule has 2 aliphatic rings. The second-order valence-corrected chi connectivity index (χ2v) is 6.66. The fourth-order valence-corrected chi connectivity index (χ4v) is 2.84. The van der Waals surface area contributed by atoms with Gasteiger partial charge in [0, 0.05) is 24.3 Å². The number of benzene rings is 1. The third kappa shape index (κ3) is 4.06. The highest BCUT2D eigenvalue weighted by atomic mass is 35.5. The van der Waals surface area contributed by atoms with Crippen molar-refractivity contribution in [2.75, 3.05) is 18.4 Å². The molecule has 1 aromatic rings. The van der Waals surface area contributed by atoms with Crippen molar-refractivity contribution in [3.8, 4) is 0 Å². The summed E-state index contributed by atoms with van der Waals surface area (Å²) < 4.78 is 5.65. The molecule has 1 aromatic carbocycles. The predicted octanol–water partition coefficient (Wildman–Crippen LogP) is 1.79. The SMILES string of the molecule is CC1CN(C(=O)c2ccc(NC(=O)C3(N)CC3)cc2)CC(C)O1.Cl. The minimum Gasteiger partial charge on any atom is -0.372 e. The van der Waals surface area contributed by atoms with E-state index in [4.69, 9.17) is 10.5 Å². The first-order valence-electron chi connectivity index (χ1n) is 8.02. The number of halogens is 1. The Bertz CT molecular complexity index is 606. The minimum absolute atomic E-state index is 0. The molecule has 132 valence electrons. The van der Waals surface area contributed by atoms with E-state index >= 15 is 0 Å². The molecule has 2 fully saturated rings. The zero-order valence-corrected chi connectivity index (χ0v) is 14.8. The number of anilines is 1. The van der Waals surface area contributed by atoms with Crippen LogP contribution >= 0.6 is 12.4 Å². The van der Waals surface area contributed by atoms with E-state index in [-0.39, 0.29) is 36.4 Å². The van der Waals surface area contributed by atoms with E-state index in [1.54, 1.807) is 24.3 Å². The van der Waals surface area contributed by atoms with Gasteiger partial charge in [0.05, 0.1) is 17.7 Å². The fourth-order valence-electron chi connectivity index (χ4n) is 2.84. The van der Waals surface area contributed by atoms with E-state index in [9.17, 15) is 9.59 Å². The smallest absolute Gasteiger partial charge is 0.254 e. The van der Waals surface area contributed by atoms with Crippen LogP contribution in [0.15, 0.2) is 24.3 Å². The van der Waals surface area contributed by atoms with Crippen LogP contribution in [-0.2, 0) is 9.53 Å². The number of ether oxygens (including phenoxy) is 1. The lowest BCUT2D eigenvalue weighted by Crippen LogP contribution is -2.48. The van der Waals surface area contributed by atoms with Gasteiger partial charge in [-0.2, -0.15) is 0 Å². The van der Waals surface area contributed by atoms with E-state index in [0.29, 0.717) is 24.3 Å². The molecule has 1 saturated carbocycles. The average molecular weight is 354 g/mol. The summed E-state index contributed by atoms with van der Waals surface area (Å²) in [6.45, 7) is 5.12. The third-order valence-corrected chi connectivity index (χ3v) is 4.34. The van der Waals surface area contributed by atoms with Gasteiger partial charge in [0.25, 0.3) is 5.91 Å². The molecule has 0 aromatic heterocycles. The molecule has 3 rings (SSSR count). The van der Waals surface area contributed by atoms with E-state index in [0.717, 1.165) is 12.8 Å². The molecule has 2 unspecified atom stereocenters. The Labute approximate surface area is 148 Å². The zero-order valence-electron chi connectivity index (χ0n) is 14.0. The van der Waals surface area contributed by atoms with Crippen molar-refractivity contribution in [3.05, 3.63) is 29.8 Å². The van der Waals surface area contributed by atoms with Crippen molar-refractivity contribution in [2.24, 2.45) is 5.73 Å². The molecule has 1 heterocycles. The minimum atomic E-state index is -0.700. The summed E-state index contributed by atoms with van der Waals surface area (Å²) in [5.41, 5.74) is 6.42. The van der Waals surface area contributed by atoms with Crippen LogP contribution in [-0.4, -0.2) is 47.6 Å². The molecule has 0 radical (unpaired) electrons. The Kier molecular flexibility index (Phi) is 5.52. The van der Waals surface area contributed by atoms with E-state index < -0.39 is 5.54 Å². The van der Waals surface area contributed by atoms with E-state index in [2.05, 4.69) is 5.32 Å². The molecule has 1 saturated heterocycles. The topological polar surface area (TPSA) is 84.7 Å². The number of nitrogens with one attached hydrogen (secondary N) is 1. The van der Waals surface area contributed by atoms with Crippen LogP contribution in [0.5, 0.6) is 0 Å². The summed E-state index contributed by atoms with van der Waals surface area (Å²) in [4.78, 5) is 26.3. The molecule has 1 aliphatic carbocycles. The van der Waals surface area contributed by atoms with Gasteiger partial charge in [-0.25, -0.2) is 0 Å². The van der Waals surface area contributed by atoms with Crippen LogP contribution in [0.25, 0.3) is 0 Å². The lowest BCUT2D eigenvalue weighted by molar-refractivity contribution is -0.118. The van der Waals surface area contributed by atoms with Crippen molar-refractivity contribution in [2.45, 2.75) is 44.4 Å². The van der Waals surface area contributed by atoms with Crippen LogP contribution < -0.4 is 11.1 Å². The summed E-state index contributed by atoms with van der Waals surface area (Å²) in [5, 5.41) is 2.80. The first-order valence-corrected chi connectivity index (χ1v) is 8.02. The molecular weight excluding hydrogens is 330 g/mol. The van der Waals surface area contributed by atoms with Crippen LogP contribution in [0.1, 0.15) is 37.0 Å². The highest BCUT2D eigenvalue weighted by molar-refractivity contribution is 6.00. The third-order valence-electron chi connectivity index (χ3n) is 4.34. The quantitative estimate of drug-likeness (QED) is 0.867. The van der Waals surface area contributed by atoms with Crippen molar-refractivity contribution in [3.63, 3.8) is 0 Å². The number of hydrogen-bond acceptors (Lipinski definition) is 4. The first kappa shape index (κ1) is 18.7. The number of carbonyl (C=O) groups excluding carboxylic acids is 2. The molecular formula is C17H24ClN3O3. The molecule has 2 atom stereocenters. The normalized spacial score (nSPS) is 24.7. The number of nitrogens with two attached hydrogens (primary N) is 1. The summed E-state index contributed by atoms with van der Waals surface area (Å²) in [6.07, 6.45) is 1.53. The number of rotatable bonds is 3. The van der Waals surface area contributed by atoms with Gasteiger partial charge in [0.2, 0.25) is 5.91 Å². The van der Waals surface area contributed by atoms with Gasteiger partial charge in [-0.1, -0.05) is 0 Å². The van der Waals surface area contributed by atoms with E-state index in [1.807, 2.05) is 18.7 Å². The van der Waals surface area contributed by atoms with Crippen LogP contribution in [0, 0.1) is 0 Å². The Hall–Kier alpha value is -1.63. The van der Waals surface area contributed by atoms with Crippen LogP contribution in [0.4, 0.5) is 5.69 Å². The largest absolute Gasteiger partial charge is 0.372 e. The van der Waals surface area contributed by atoms with Crippen molar-refractivity contribution < 1.29 is 14.3 Å². The standard InChI is InChI=1S/C17H23N3O3.ClH/c1-11-9-20(10-12(2)23-11)15(21)13-3-5-14(6-4-13)19-16(22)17(18)7-8-17;/h3-6,11-12H,7-10,18H2,1-2H3,(H,19,22);1H. The van der Waals surface area contributed by atoms with Gasteiger partial charge >= 0.3 is 0 Å². The number of amides is 2. The Balaban J connectivity index is 0.00000208. The second kappa shape index (κ2) is 7.09. The Morgan fingerprint density at radius 2 is 1.71 bits per heavy atom. The fraction of sp³-hybridized carbons (Fsp3) is 0.529. The lowest BCUT2D eigenvalue weighted by Gasteiger charge is -2.35. The lowest BCUT2D eigenvalue weighted by atomic mass is 10.1. The summed E-state index contributed by atoms with van der Waals surface area (Å²) >= 11 is 0. The average Bonchev–Trinajstić information content (AvgIpc) is 3.25. The number of morpholine rings is 1. The molecule has 6 nitrogen and oxygen atoms in total. The molecule has 0 spiro atoms. The van der Waals surface area contributed by atoms with Crippen LogP contribution in [0.2, 0.25) is 0 Å². The van der Waals surface area contributed by atoms with Crippen molar-refractivity contribution in [1.82, 2.24) is 4.90 Å². The maximum atomic E-state index is 12.6. The highest BCUT2D eigenvalue weighted by Crippen LogP contribution is 2.33.